The monoisotopic (exact) mass is 258 g/mol. The van der Waals surface area contributed by atoms with E-state index in [-0.39, 0.29) is 5.76 Å². The number of aromatic nitrogens is 1. The molecule has 0 aliphatic rings. The summed E-state index contributed by atoms with van der Waals surface area (Å²) in [5.41, 5.74) is 0.575. The lowest BCUT2D eigenvalue weighted by atomic mass is 10.2. The molecule has 1 unspecified atom stereocenters. The van der Waals surface area contributed by atoms with E-state index < -0.39 is 17.9 Å². The molecule has 0 aliphatic heterocycles. The van der Waals surface area contributed by atoms with E-state index in [0.717, 1.165) is 0 Å². The summed E-state index contributed by atoms with van der Waals surface area (Å²) in [4.78, 5) is 22.5. The number of carbonyl (C=O) groups excluding carboxylic acids is 1. The molecule has 17 heavy (non-hydrogen) atoms. The Morgan fingerprint density at radius 3 is 2.82 bits per heavy atom. The van der Waals surface area contributed by atoms with E-state index in [0.29, 0.717) is 17.9 Å². The SMILES string of the molecule is CSCCC(NC(=O)c1cc(C)no1)C(=O)O. The van der Waals surface area contributed by atoms with Crippen molar-refractivity contribution in [2.75, 3.05) is 12.0 Å². The van der Waals surface area contributed by atoms with Crippen molar-refractivity contribution in [1.29, 1.82) is 0 Å². The van der Waals surface area contributed by atoms with Gasteiger partial charge in [0.1, 0.15) is 6.04 Å². The highest BCUT2D eigenvalue weighted by Crippen LogP contribution is 2.05. The minimum Gasteiger partial charge on any atom is -0.480 e. The van der Waals surface area contributed by atoms with Crippen LogP contribution in [-0.2, 0) is 4.79 Å². The number of carbonyl (C=O) groups is 2. The third-order valence-electron chi connectivity index (χ3n) is 2.07. The minimum absolute atomic E-state index is 0.0258. The standard InChI is InChI=1S/C10H14N2O4S/c1-6-5-8(16-12-6)9(13)11-7(10(14)15)3-4-17-2/h5,7H,3-4H2,1-2H3,(H,11,13)(H,14,15). The molecule has 0 aromatic carbocycles. The summed E-state index contributed by atoms with van der Waals surface area (Å²) in [5.74, 6) is -0.923. The van der Waals surface area contributed by atoms with Crippen molar-refractivity contribution in [2.24, 2.45) is 0 Å². The summed E-state index contributed by atoms with van der Waals surface area (Å²) >= 11 is 1.52. The van der Waals surface area contributed by atoms with Crippen molar-refractivity contribution in [3.05, 3.63) is 17.5 Å². The van der Waals surface area contributed by atoms with Gasteiger partial charge in [0.15, 0.2) is 0 Å². The molecule has 1 aromatic rings. The Bertz CT molecular complexity index is 405. The number of carboxylic acid groups (broad SMARTS) is 1. The lowest BCUT2D eigenvalue weighted by Crippen LogP contribution is -2.41. The quantitative estimate of drug-likeness (QED) is 0.788. The molecule has 6 nitrogen and oxygen atoms in total. The van der Waals surface area contributed by atoms with Crippen LogP contribution in [0.25, 0.3) is 0 Å². The zero-order chi connectivity index (χ0) is 12.8. The number of nitrogens with zero attached hydrogens (tertiary/aromatic N) is 1. The summed E-state index contributed by atoms with van der Waals surface area (Å²) in [6.45, 7) is 1.68. The summed E-state index contributed by atoms with van der Waals surface area (Å²) in [5, 5.41) is 14.9. The van der Waals surface area contributed by atoms with Gasteiger partial charge >= 0.3 is 5.97 Å². The average molecular weight is 258 g/mol. The van der Waals surface area contributed by atoms with E-state index >= 15 is 0 Å². The first-order chi connectivity index (χ1) is 8.04. The molecule has 0 spiro atoms. The second kappa shape index (κ2) is 6.29. The highest BCUT2D eigenvalue weighted by Gasteiger charge is 2.22. The summed E-state index contributed by atoms with van der Waals surface area (Å²) in [6.07, 6.45) is 2.25. The van der Waals surface area contributed by atoms with Gasteiger partial charge in [0.2, 0.25) is 5.76 Å². The van der Waals surface area contributed by atoms with Crippen LogP contribution in [0.1, 0.15) is 22.7 Å². The van der Waals surface area contributed by atoms with Crippen LogP contribution in [0.3, 0.4) is 0 Å². The van der Waals surface area contributed by atoms with Gasteiger partial charge in [0.25, 0.3) is 5.91 Å². The zero-order valence-electron chi connectivity index (χ0n) is 9.60. The molecule has 7 heteroatoms. The van der Waals surface area contributed by atoms with Gasteiger partial charge in [-0.15, -0.1) is 0 Å². The molecule has 2 N–H and O–H groups in total. The van der Waals surface area contributed by atoms with Crippen molar-refractivity contribution in [2.45, 2.75) is 19.4 Å². The van der Waals surface area contributed by atoms with Crippen LogP contribution in [0.15, 0.2) is 10.6 Å². The number of aliphatic carboxylic acids is 1. The van der Waals surface area contributed by atoms with Gasteiger partial charge in [-0.2, -0.15) is 11.8 Å². The second-order valence-electron chi connectivity index (χ2n) is 3.48. The minimum atomic E-state index is -1.05. The van der Waals surface area contributed by atoms with Crippen molar-refractivity contribution in [3.8, 4) is 0 Å². The highest BCUT2D eigenvalue weighted by atomic mass is 32.2. The van der Waals surface area contributed by atoms with E-state index in [1.807, 2.05) is 6.26 Å². The van der Waals surface area contributed by atoms with Gasteiger partial charge in [-0.1, -0.05) is 5.16 Å². The Morgan fingerprint density at radius 1 is 1.65 bits per heavy atom. The number of thioether (sulfide) groups is 1. The molecular formula is C10H14N2O4S. The maximum absolute atomic E-state index is 11.6. The number of hydrogen-bond donors (Lipinski definition) is 2. The van der Waals surface area contributed by atoms with Gasteiger partial charge in [0.05, 0.1) is 5.69 Å². The Balaban J connectivity index is 2.60. The lowest BCUT2D eigenvalue weighted by molar-refractivity contribution is -0.139. The molecule has 1 heterocycles. The first-order valence-electron chi connectivity index (χ1n) is 5.00. The number of nitrogens with one attached hydrogen (secondary N) is 1. The fourth-order valence-corrected chi connectivity index (χ4v) is 1.66. The van der Waals surface area contributed by atoms with Gasteiger partial charge in [-0.3, -0.25) is 4.79 Å². The Kier molecular flexibility index (Phi) is 5.02. The van der Waals surface area contributed by atoms with Crippen molar-refractivity contribution < 1.29 is 19.2 Å². The Hall–Kier alpha value is -1.50. The Morgan fingerprint density at radius 2 is 2.35 bits per heavy atom. The fourth-order valence-electron chi connectivity index (χ4n) is 1.19. The number of hydrogen-bond acceptors (Lipinski definition) is 5. The van der Waals surface area contributed by atoms with E-state index in [9.17, 15) is 9.59 Å². The molecule has 0 saturated carbocycles. The van der Waals surface area contributed by atoms with Crippen molar-refractivity contribution >= 4 is 23.6 Å². The molecule has 1 atom stereocenters. The van der Waals surface area contributed by atoms with Gasteiger partial charge in [0, 0.05) is 6.07 Å². The number of amides is 1. The first-order valence-corrected chi connectivity index (χ1v) is 6.40. The number of carboxylic acids is 1. The number of rotatable bonds is 6. The topological polar surface area (TPSA) is 92.4 Å². The fraction of sp³-hybridized carbons (Fsp3) is 0.500. The molecule has 0 aliphatic carbocycles. The lowest BCUT2D eigenvalue weighted by Gasteiger charge is -2.12. The van der Waals surface area contributed by atoms with Crippen LogP contribution in [0.5, 0.6) is 0 Å². The molecule has 1 amide bonds. The maximum Gasteiger partial charge on any atom is 0.326 e. The molecular weight excluding hydrogens is 244 g/mol. The second-order valence-corrected chi connectivity index (χ2v) is 4.46. The van der Waals surface area contributed by atoms with Gasteiger partial charge in [-0.25, -0.2) is 4.79 Å². The van der Waals surface area contributed by atoms with Crippen molar-refractivity contribution in [1.82, 2.24) is 10.5 Å². The van der Waals surface area contributed by atoms with E-state index in [1.54, 1.807) is 6.92 Å². The predicted octanol–water partition coefficient (Wildman–Crippen LogP) is 0.919. The molecule has 0 fully saturated rings. The summed E-state index contributed by atoms with van der Waals surface area (Å²) in [6, 6.07) is 0.559. The predicted molar refractivity (Wildman–Crippen MR) is 63.1 cm³/mol. The molecule has 1 aromatic heterocycles. The molecule has 94 valence electrons. The van der Waals surface area contributed by atoms with E-state index in [4.69, 9.17) is 9.63 Å². The normalized spacial score (nSPS) is 12.1. The van der Waals surface area contributed by atoms with Crippen LogP contribution in [0, 0.1) is 6.92 Å². The first kappa shape index (κ1) is 13.6. The Labute approximate surface area is 103 Å². The molecule has 1 rings (SSSR count). The largest absolute Gasteiger partial charge is 0.480 e. The third kappa shape index (κ3) is 4.10. The third-order valence-corrected chi connectivity index (χ3v) is 2.71. The van der Waals surface area contributed by atoms with Crippen LogP contribution in [0.2, 0.25) is 0 Å². The highest BCUT2D eigenvalue weighted by molar-refractivity contribution is 7.98. The average Bonchev–Trinajstić information content (AvgIpc) is 2.70. The zero-order valence-corrected chi connectivity index (χ0v) is 10.4. The smallest absolute Gasteiger partial charge is 0.326 e. The summed E-state index contributed by atoms with van der Waals surface area (Å²) in [7, 11) is 0. The van der Waals surface area contributed by atoms with Crippen LogP contribution < -0.4 is 5.32 Å². The van der Waals surface area contributed by atoms with Gasteiger partial charge < -0.3 is 14.9 Å². The van der Waals surface area contributed by atoms with Gasteiger partial charge in [-0.05, 0) is 25.4 Å². The maximum atomic E-state index is 11.6. The van der Waals surface area contributed by atoms with E-state index in [2.05, 4.69) is 10.5 Å². The molecule has 0 radical (unpaired) electrons. The van der Waals surface area contributed by atoms with Crippen LogP contribution >= 0.6 is 11.8 Å². The van der Waals surface area contributed by atoms with Crippen LogP contribution in [0.4, 0.5) is 0 Å². The van der Waals surface area contributed by atoms with E-state index in [1.165, 1.54) is 17.8 Å². The molecule has 0 bridgehead atoms. The molecule has 0 saturated heterocycles. The summed E-state index contributed by atoms with van der Waals surface area (Å²) < 4.78 is 4.75. The van der Waals surface area contributed by atoms with Crippen LogP contribution in [-0.4, -0.2) is 40.2 Å². The number of aryl methyl sites for hydroxylation is 1. The van der Waals surface area contributed by atoms with Crippen molar-refractivity contribution in [3.63, 3.8) is 0 Å².